The summed E-state index contributed by atoms with van der Waals surface area (Å²) in [5, 5.41) is 3.54. The highest BCUT2D eigenvalue weighted by Crippen LogP contribution is 2.27. The van der Waals surface area contributed by atoms with E-state index in [1.54, 1.807) is 29.2 Å². The number of hydrogen-bond donors (Lipinski definition) is 1. The van der Waals surface area contributed by atoms with Crippen LogP contribution in [0.5, 0.6) is 0 Å². The number of carbonyl (C=O) groups is 2. The number of anilines is 1. The Morgan fingerprint density at radius 2 is 2.05 bits per heavy atom. The van der Waals surface area contributed by atoms with Crippen molar-refractivity contribution in [2.24, 2.45) is 5.92 Å². The molecule has 0 radical (unpaired) electrons. The van der Waals surface area contributed by atoms with Crippen LogP contribution in [0.15, 0.2) is 24.3 Å². The maximum Gasteiger partial charge on any atom is 0.243 e. The molecule has 1 aromatic carbocycles. The first-order valence-corrected chi connectivity index (χ1v) is 7.72. The lowest BCUT2D eigenvalue weighted by Crippen LogP contribution is -2.45. The molecule has 1 fully saturated rings. The van der Waals surface area contributed by atoms with E-state index < -0.39 is 6.04 Å². The van der Waals surface area contributed by atoms with E-state index in [0.717, 1.165) is 12.1 Å². The monoisotopic (exact) mass is 308 g/mol. The fraction of sp³-hybridized carbons (Fsp3) is 0.500. The van der Waals surface area contributed by atoms with E-state index in [-0.39, 0.29) is 11.8 Å². The van der Waals surface area contributed by atoms with E-state index in [1.165, 1.54) is 0 Å². The third-order valence-electron chi connectivity index (χ3n) is 3.64. The van der Waals surface area contributed by atoms with Crippen molar-refractivity contribution < 1.29 is 9.59 Å². The molecule has 0 aliphatic carbocycles. The summed E-state index contributed by atoms with van der Waals surface area (Å²) in [6.07, 6.45) is 1.91. The second-order valence-corrected chi connectivity index (χ2v) is 6.20. The number of carbonyl (C=O) groups excluding carboxylic acids is 2. The molecule has 1 aliphatic heterocycles. The number of halogens is 1. The lowest BCUT2D eigenvalue weighted by atomic mass is 10.1. The molecule has 0 bridgehead atoms. The zero-order chi connectivity index (χ0) is 15.4. The third kappa shape index (κ3) is 3.97. The lowest BCUT2D eigenvalue weighted by molar-refractivity contribution is -0.123. The maximum absolute atomic E-state index is 12.3. The van der Waals surface area contributed by atoms with E-state index in [1.807, 2.05) is 0 Å². The average molecular weight is 309 g/mol. The molecule has 1 aromatic rings. The Kier molecular flexibility index (Phi) is 5.23. The van der Waals surface area contributed by atoms with Crippen molar-refractivity contribution in [3.63, 3.8) is 0 Å². The second-order valence-electron chi connectivity index (χ2n) is 5.77. The highest BCUT2D eigenvalue weighted by atomic mass is 35.5. The molecule has 0 spiro atoms. The second kappa shape index (κ2) is 6.94. The van der Waals surface area contributed by atoms with Crippen LogP contribution in [-0.2, 0) is 9.59 Å². The summed E-state index contributed by atoms with van der Waals surface area (Å²) in [6.45, 7) is 4.88. The molecule has 1 atom stereocenters. The van der Waals surface area contributed by atoms with Crippen LogP contribution in [0.25, 0.3) is 0 Å². The quantitative estimate of drug-likeness (QED) is 0.909. The van der Waals surface area contributed by atoms with Crippen LogP contribution < -0.4 is 10.2 Å². The zero-order valence-corrected chi connectivity index (χ0v) is 13.2. The van der Waals surface area contributed by atoms with Gasteiger partial charge in [0.15, 0.2) is 0 Å². The smallest absolute Gasteiger partial charge is 0.243 e. The number of hydrogen-bond acceptors (Lipinski definition) is 2. The van der Waals surface area contributed by atoms with E-state index >= 15 is 0 Å². The Balaban J connectivity index is 2.06. The van der Waals surface area contributed by atoms with E-state index in [4.69, 9.17) is 11.6 Å². The highest BCUT2D eigenvalue weighted by Gasteiger charge is 2.36. The summed E-state index contributed by atoms with van der Waals surface area (Å²) in [4.78, 5) is 25.9. The average Bonchev–Trinajstić information content (AvgIpc) is 2.81. The number of nitrogens with one attached hydrogen (secondary N) is 1. The molecule has 114 valence electrons. The van der Waals surface area contributed by atoms with Crippen LogP contribution in [0.3, 0.4) is 0 Å². The topological polar surface area (TPSA) is 49.4 Å². The van der Waals surface area contributed by atoms with Gasteiger partial charge >= 0.3 is 0 Å². The minimum Gasteiger partial charge on any atom is -0.354 e. The SMILES string of the molecule is CC(C)CCNC(=O)C1CCC(=O)N1c1ccc(Cl)cc1. The van der Waals surface area contributed by atoms with Crippen LogP contribution >= 0.6 is 11.6 Å². The summed E-state index contributed by atoms with van der Waals surface area (Å²) in [5.74, 6) is 0.459. The van der Waals surface area contributed by atoms with Crippen LogP contribution in [0.1, 0.15) is 33.1 Å². The summed E-state index contributed by atoms with van der Waals surface area (Å²) in [6, 6.07) is 6.61. The summed E-state index contributed by atoms with van der Waals surface area (Å²) >= 11 is 5.87. The Bertz CT molecular complexity index is 514. The molecule has 0 aromatic heterocycles. The predicted octanol–water partition coefficient (Wildman–Crippen LogP) is 3.00. The van der Waals surface area contributed by atoms with E-state index in [9.17, 15) is 9.59 Å². The Morgan fingerprint density at radius 3 is 2.67 bits per heavy atom. The van der Waals surface area contributed by atoms with Gasteiger partial charge in [-0.25, -0.2) is 0 Å². The molecule has 1 aliphatic rings. The molecule has 1 heterocycles. The largest absolute Gasteiger partial charge is 0.354 e. The van der Waals surface area contributed by atoms with Crippen molar-refractivity contribution in [1.29, 1.82) is 0 Å². The van der Waals surface area contributed by atoms with Crippen molar-refractivity contribution in [2.45, 2.75) is 39.2 Å². The van der Waals surface area contributed by atoms with Crippen molar-refractivity contribution in [3.05, 3.63) is 29.3 Å². The number of rotatable bonds is 5. The first-order chi connectivity index (χ1) is 9.99. The first-order valence-electron chi connectivity index (χ1n) is 7.34. The molecule has 4 nitrogen and oxygen atoms in total. The Labute approximate surface area is 130 Å². The summed E-state index contributed by atoms with van der Waals surface area (Å²) in [7, 11) is 0. The van der Waals surface area contributed by atoms with Crippen molar-refractivity contribution in [2.75, 3.05) is 11.4 Å². The molecule has 2 amide bonds. The molecular weight excluding hydrogens is 288 g/mol. The van der Waals surface area contributed by atoms with Crippen LogP contribution in [0.4, 0.5) is 5.69 Å². The van der Waals surface area contributed by atoms with E-state index in [0.29, 0.717) is 30.3 Å². The standard InChI is InChI=1S/C16H21ClN2O2/c1-11(2)9-10-18-16(21)14-7-8-15(20)19(14)13-5-3-12(17)4-6-13/h3-6,11,14H,7-10H2,1-2H3,(H,18,21). The fourth-order valence-corrected chi connectivity index (χ4v) is 2.59. The molecule has 1 unspecified atom stereocenters. The normalized spacial score (nSPS) is 18.4. The van der Waals surface area contributed by atoms with Crippen LogP contribution in [0, 0.1) is 5.92 Å². The molecule has 1 N–H and O–H groups in total. The molecule has 21 heavy (non-hydrogen) atoms. The van der Waals surface area contributed by atoms with Crippen molar-refractivity contribution in [1.82, 2.24) is 5.32 Å². The minimum atomic E-state index is -0.411. The van der Waals surface area contributed by atoms with Crippen molar-refractivity contribution in [3.8, 4) is 0 Å². The molecule has 0 saturated carbocycles. The molecule has 1 saturated heterocycles. The van der Waals surface area contributed by atoms with Gasteiger partial charge in [-0.15, -0.1) is 0 Å². The van der Waals surface area contributed by atoms with Crippen molar-refractivity contribution >= 4 is 29.1 Å². The van der Waals surface area contributed by atoms with Crippen LogP contribution in [0.2, 0.25) is 5.02 Å². The van der Waals surface area contributed by atoms with Gasteiger partial charge in [0.25, 0.3) is 0 Å². The van der Waals surface area contributed by atoms with Gasteiger partial charge in [0, 0.05) is 23.7 Å². The van der Waals surface area contributed by atoms with Gasteiger partial charge in [0.05, 0.1) is 0 Å². The maximum atomic E-state index is 12.3. The highest BCUT2D eigenvalue weighted by molar-refractivity contribution is 6.30. The summed E-state index contributed by atoms with van der Waals surface area (Å²) in [5.41, 5.74) is 0.728. The van der Waals surface area contributed by atoms with Gasteiger partial charge in [-0.1, -0.05) is 25.4 Å². The third-order valence-corrected chi connectivity index (χ3v) is 3.89. The summed E-state index contributed by atoms with van der Waals surface area (Å²) < 4.78 is 0. The van der Waals surface area contributed by atoms with Gasteiger partial charge in [0.1, 0.15) is 6.04 Å². The fourth-order valence-electron chi connectivity index (χ4n) is 2.46. The van der Waals surface area contributed by atoms with E-state index in [2.05, 4.69) is 19.2 Å². The number of nitrogens with zero attached hydrogens (tertiary/aromatic N) is 1. The Hall–Kier alpha value is -1.55. The first kappa shape index (κ1) is 15.8. The predicted molar refractivity (Wildman–Crippen MR) is 84.4 cm³/mol. The Morgan fingerprint density at radius 1 is 1.38 bits per heavy atom. The molecule has 5 heteroatoms. The number of amides is 2. The van der Waals surface area contributed by atoms with Gasteiger partial charge in [-0.2, -0.15) is 0 Å². The minimum absolute atomic E-state index is 0.0127. The van der Waals surface area contributed by atoms with Gasteiger partial charge in [0.2, 0.25) is 11.8 Å². The lowest BCUT2D eigenvalue weighted by Gasteiger charge is -2.24. The van der Waals surface area contributed by atoms with Gasteiger partial charge < -0.3 is 5.32 Å². The molecule has 2 rings (SSSR count). The van der Waals surface area contributed by atoms with Gasteiger partial charge in [-0.3, -0.25) is 14.5 Å². The van der Waals surface area contributed by atoms with Gasteiger partial charge in [-0.05, 0) is 43.0 Å². The van der Waals surface area contributed by atoms with Crippen LogP contribution in [-0.4, -0.2) is 24.4 Å². The zero-order valence-electron chi connectivity index (χ0n) is 12.4. The molecular formula is C16H21ClN2O2. The number of benzene rings is 1.